The maximum absolute atomic E-state index is 5.39. The van der Waals surface area contributed by atoms with Gasteiger partial charge in [-0.25, -0.2) is 0 Å². The summed E-state index contributed by atoms with van der Waals surface area (Å²) in [6.45, 7) is 2.03. The highest BCUT2D eigenvalue weighted by molar-refractivity contribution is 5.12. The summed E-state index contributed by atoms with van der Waals surface area (Å²) in [6.07, 6.45) is 5.96. The Morgan fingerprint density at radius 3 is 2.62 bits per heavy atom. The number of hydrogen-bond donors (Lipinski definition) is 2. The summed E-state index contributed by atoms with van der Waals surface area (Å²) < 4.78 is 0. The quantitative estimate of drug-likeness (QED) is 0.517. The van der Waals surface area contributed by atoms with Crippen LogP contribution in [0.4, 0.5) is 0 Å². The molecule has 0 heterocycles. The second-order valence-electron chi connectivity index (χ2n) is 1.47. The number of nitrogens with two attached hydrogens (primary N) is 2. The molecule has 0 rings (SSSR count). The molecule has 0 spiro atoms. The third-order valence-electron chi connectivity index (χ3n) is 0.729. The van der Waals surface area contributed by atoms with Crippen molar-refractivity contribution in [1.82, 2.24) is 0 Å². The van der Waals surface area contributed by atoms with Crippen molar-refractivity contribution in [3.8, 4) is 0 Å². The average molecular weight is 112 g/mol. The van der Waals surface area contributed by atoms with Crippen molar-refractivity contribution >= 4 is 0 Å². The minimum Gasteiger partial charge on any atom is -0.405 e. The van der Waals surface area contributed by atoms with E-state index in [1.54, 1.807) is 6.08 Å². The zero-order valence-corrected chi connectivity index (χ0v) is 5.09. The predicted molar refractivity (Wildman–Crippen MR) is 35.9 cm³/mol. The normalized spacial score (nSPS) is 12.9. The van der Waals surface area contributed by atoms with Gasteiger partial charge in [0.2, 0.25) is 0 Å². The first kappa shape index (κ1) is 7.08. The zero-order valence-electron chi connectivity index (χ0n) is 5.09. The molecule has 0 aromatic carbocycles. The van der Waals surface area contributed by atoms with E-state index in [1.807, 2.05) is 13.0 Å². The first-order valence-electron chi connectivity index (χ1n) is 2.65. The van der Waals surface area contributed by atoms with Gasteiger partial charge in [-0.05, 0) is 18.7 Å². The number of allylic oxidation sites excluding steroid dienone is 2. The summed E-state index contributed by atoms with van der Waals surface area (Å²) in [4.78, 5) is 0. The van der Waals surface area contributed by atoms with E-state index in [0.29, 0.717) is 0 Å². The van der Waals surface area contributed by atoms with Gasteiger partial charge in [-0.2, -0.15) is 0 Å². The molecule has 0 saturated carbocycles. The van der Waals surface area contributed by atoms with Gasteiger partial charge in [-0.15, -0.1) is 0 Å². The van der Waals surface area contributed by atoms with Crippen LogP contribution >= 0.6 is 0 Å². The zero-order chi connectivity index (χ0) is 6.41. The minimum atomic E-state index is 0.731. The fourth-order valence-corrected chi connectivity index (χ4v) is 0.415. The Balaban J connectivity index is 3.61. The highest BCUT2D eigenvalue weighted by atomic mass is 14.6. The lowest BCUT2D eigenvalue weighted by Gasteiger charge is -1.86. The van der Waals surface area contributed by atoms with Crippen LogP contribution in [0, 0.1) is 0 Å². The van der Waals surface area contributed by atoms with Gasteiger partial charge in [-0.1, -0.05) is 13.0 Å². The summed E-state index contributed by atoms with van der Waals surface area (Å²) in [5.41, 5.74) is 11.2. The maximum Gasteiger partial charge on any atom is 0.0287 e. The lowest BCUT2D eigenvalue weighted by atomic mass is 10.3. The van der Waals surface area contributed by atoms with Crippen LogP contribution in [-0.4, -0.2) is 0 Å². The van der Waals surface area contributed by atoms with Crippen molar-refractivity contribution in [2.24, 2.45) is 11.5 Å². The van der Waals surface area contributed by atoms with Crippen molar-refractivity contribution in [2.45, 2.75) is 13.3 Å². The Bertz CT molecular complexity index is 103. The molecule has 8 heavy (non-hydrogen) atoms. The van der Waals surface area contributed by atoms with Crippen LogP contribution in [0.15, 0.2) is 24.0 Å². The van der Waals surface area contributed by atoms with E-state index in [-0.39, 0.29) is 0 Å². The Hall–Kier alpha value is -0.920. The highest BCUT2D eigenvalue weighted by Crippen LogP contribution is 1.86. The van der Waals surface area contributed by atoms with E-state index >= 15 is 0 Å². The standard InChI is InChI=1S/C6H12N2/c1-2-3-6(8)4-5-7/h3-5H,2,7-8H2,1H3/b5-4-,6-3+. The predicted octanol–water partition coefficient (Wildman–Crippen LogP) is 0.711. The largest absolute Gasteiger partial charge is 0.405 e. The van der Waals surface area contributed by atoms with Crippen LogP contribution in [0.3, 0.4) is 0 Å². The van der Waals surface area contributed by atoms with Crippen molar-refractivity contribution in [1.29, 1.82) is 0 Å². The SMILES string of the molecule is CC/C=C(N)\C=C/N. The van der Waals surface area contributed by atoms with Gasteiger partial charge >= 0.3 is 0 Å². The molecule has 0 radical (unpaired) electrons. The van der Waals surface area contributed by atoms with Gasteiger partial charge < -0.3 is 11.5 Å². The van der Waals surface area contributed by atoms with E-state index in [9.17, 15) is 0 Å². The second-order valence-corrected chi connectivity index (χ2v) is 1.47. The Morgan fingerprint density at radius 1 is 1.62 bits per heavy atom. The topological polar surface area (TPSA) is 52.0 Å². The van der Waals surface area contributed by atoms with Crippen LogP contribution < -0.4 is 11.5 Å². The molecule has 0 aliphatic rings. The summed E-state index contributed by atoms with van der Waals surface area (Å²) in [6, 6.07) is 0. The third kappa shape index (κ3) is 3.28. The molecule has 0 aliphatic carbocycles. The molecule has 0 saturated heterocycles. The van der Waals surface area contributed by atoms with Gasteiger partial charge in [0, 0.05) is 5.70 Å². The molecule has 46 valence electrons. The Kier molecular flexibility index (Phi) is 3.76. The summed E-state index contributed by atoms with van der Waals surface area (Å²) in [5, 5.41) is 0. The summed E-state index contributed by atoms with van der Waals surface area (Å²) in [5.74, 6) is 0. The van der Waals surface area contributed by atoms with Crippen LogP contribution in [0.2, 0.25) is 0 Å². The average Bonchev–Trinajstić information content (AvgIpc) is 1.68. The molecule has 4 N–H and O–H groups in total. The molecule has 0 aliphatic heterocycles. The van der Waals surface area contributed by atoms with Gasteiger partial charge in [0.15, 0.2) is 0 Å². The molecule has 0 aromatic rings. The maximum atomic E-state index is 5.39. The van der Waals surface area contributed by atoms with Gasteiger partial charge in [-0.3, -0.25) is 0 Å². The highest BCUT2D eigenvalue weighted by Gasteiger charge is 1.74. The van der Waals surface area contributed by atoms with Crippen molar-refractivity contribution in [2.75, 3.05) is 0 Å². The van der Waals surface area contributed by atoms with Crippen LogP contribution in [0.1, 0.15) is 13.3 Å². The summed E-state index contributed by atoms with van der Waals surface area (Å²) >= 11 is 0. The van der Waals surface area contributed by atoms with Gasteiger partial charge in [0.1, 0.15) is 0 Å². The number of rotatable bonds is 2. The lowest BCUT2D eigenvalue weighted by Crippen LogP contribution is -1.93. The van der Waals surface area contributed by atoms with Gasteiger partial charge in [0.25, 0.3) is 0 Å². The first-order chi connectivity index (χ1) is 3.81. The molecule has 2 heteroatoms. The van der Waals surface area contributed by atoms with Crippen LogP contribution in [-0.2, 0) is 0 Å². The van der Waals surface area contributed by atoms with Crippen LogP contribution in [0.25, 0.3) is 0 Å². The van der Waals surface area contributed by atoms with Gasteiger partial charge in [0.05, 0.1) is 0 Å². The summed E-state index contributed by atoms with van der Waals surface area (Å²) in [7, 11) is 0. The molecule has 0 amide bonds. The molecule has 0 unspecified atom stereocenters. The monoisotopic (exact) mass is 112 g/mol. The third-order valence-corrected chi connectivity index (χ3v) is 0.729. The molecule has 0 bridgehead atoms. The molecular weight excluding hydrogens is 100 g/mol. The van der Waals surface area contributed by atoms with E-state index < -0.39 is 0 Å². The molecule has 0 fully saturated rings. The minimum absolute atomic E-state index is 0.731. The molecule has 0 aromatic heterocycles. The molecular formula is C6H12N2. The molecule has 0 atom stereocenters. The second kappa shape index (κ2) is 4.24. The fraction of sp³-hybridized carbons (Fsp3) is 0.333. The van der Waals surface area contributed by atoms with E-state index in [4.69, 9.17) is 11.5 Å². The van der Waals surface area contributed by atoms with Crippen molar-refractivity contribution < 1.29 is 0 Å². The Labute approximate surface area is 49.9 Å². The Morgan fingerprint density at radius 2 is 2.25 bits per heavy atom. The smallest absolute Gasteiger partial charge is 0.0287 e. The molecule has 2 nitrogen and oxygen atoms in total. The van der Waals surface area contributed by atoms with E-state index in [0.717, 1.165) is 12.1 Å². The van der Waals surface area contributed by atoms with E-state index in [2.05, 4.69) is 0 Å². The van der Waals surface area contributed by atoms with Crippen LogP contribution in [0.5, 0.6) is 0 Å². The first-order valence-corrected chi connectivity index (χ1v) is 2.65. The lowest BCUT2D eigenvalue weighted by molar-refractivity contribution is 1.18. The fourth-order valence-electron chi connectivity index (χ4n) is 0.415. The number of hydrogen-bond acceptors (Lipinski definition) is 2. The van der Waals surface area contributed by atoms with Crippen molar-refractivity contribution in [3.63, 3.8) is 0 Å². The van der Waals surface area contributed by atoms with E-state index in [1.165, 1.54) is 6.20 Å². The van der Waals surface area contributed by atoms with Crippen molar-refractivity contribution in [3.05, 3.63) is 24.0 Å².